The molecule has 1 saturated heterocycles. The number of hydrogen-bond acceptors (Lipinski definition) is 5. The van der Waals surface area contributed by atoms with Crippen LogP contribution >= 0.6 is 12.2 Å². The summed E-state index contributed by atoms with van der Waals surface area (Å²) in [6, 6.07) is 8.13. The molecule has 4 rings (SSSR count). The van der Waals surface area contributed by atoms with Gasteiger partial charge in [0.05, 0.1) is 0 Å². The maximum atomic E-state index is 12.6. The van der Waals surface area contributed by atoms with Gasteiger partial charge in [-0.05, 0) is 55.6 Å². The van der Waals surface area contributed by atoms with Gasteiger partial charge in [0.1, 0.15) is 12.4 Å². The van der Waals surface area contributed by atoms with Crippen LogP contribution in [0, 0.1) is 10.7 Å². The van der Waals surface area contributed by atoms with Crippen molar-refractivity contribution in [3.8, 4) is 0 Å². The zero-order chi connectivity index (χ0) is 20.2. The Morgan fingerprint density at radius 1 is 1.28 bits per heavy atom. The Balaban J connectivity index is 1.34. The lowest BCUT2D eigenvalue weighted by atomic mass is 10.2. The molecule has 2 heterocycles. The van der Waals surface area contributed by atoms with Crippen molar-refractivity contribution >= 4 is 29.5 Å². The molecule has 156 valence electrons. The number of benzene rings is 1. The molecule has 1 saturated carbocycles. The highest BCUT2D eigenvalue weighted by Gasteiger charge is 2.26. The molecule has 2 N–H and O–H groups in total. The minimum absolute atomic E-state index is 0.0914. The molecule has 1 aliphatic carbocycles. The third kappa shape index (κ3) is 5.25. The van der Waals surface area contributed by atoms with Crippen LogP contribution in [-0.2, 0) is 17.8 Å². The summed E-state index contributed by atoms with van der Waals surface area (Å²) in [4.78, 5) is 17.6. The molecule has 2 fully saturated rings. The summed E-state index contributed by atoms with van der Waals surface area (Å²) in [7, 11) is 0. The van der Waals surface area contributed by atoms with Gasteiger partial charge in [-0.25, -0.2) is 0 Å². The second-order valence-electron chi connectivity index (χ2n) is 8.11. The molecule has 1 aromatic heterocycles. The molecule has 1 aliphatic heterocycles. The molecule has 0 spiro atoms. The highest BCUT2D eigenvalue weighted by Crippen LogP contribution is 2.30. The Morgan fingerprint density at radius 3 is 2.79 bits per heavy atom. The smallest absolute Gasteiger partial charge is 0.244 e. The lowest BCUT2D eigenvalue weighted by Gasteiger charge is -2.36. The second kappa shape index (κ2) is 9.09. The number of anilines is 2. The molecule has 2 aromatic rings. The van der Waals surface area contributed by atoms with Crippen molar-refractivity contribution in [2.24, 2.45) is 5.92 Å². The SMILES string of the molecule is CCCc1n[nH]c(=S)n1CC(=O)Nc1cccc(N2CCN(CC3CC3)CC2)c1. The van der Waals surface area contributed by atoms with Crippen LogP contribution in [0.2, 0.25) is 0 Å². The van der Waals surface area contributed by atoms with Gasteiger partial charge in [-0.2, -0.15) is 5.10 Å². The fourth-order valence-corrected chi connectivity index (χ4v) is 4.12. The Labute approximate surface area is 177 Å². The fraction of sp³-hybridized carbons (Fsp3) is 0.571. The molecule has 1 amide bonds. The zero-order valence-electron chi connectivity index (χ0n) is 17.1. The van der Waals surface area contributed by atoms with Crippen LogP contribution in [0.4, 0.5) is 11.4 Å². The molecular formula is C21H30N6OS. The maximum absolute atomic E-state index is 12.6. The lowest BCUT2D eigenvalue weighted by molar-refractivity contribution is -0.116. The molecule has 7 nitrogen and oxygen atoms in total. The summed E-state index contributed by atoms with van der Waals surface area (Å²) in [6.45, 7) is 7.83. The van der Waals surface area contributed by atoms with Crippen molar-refractivity contribution < 1.29 is 4.79 Å². The first kappa shape index (κ1) is 20.1. The van der Waals surface area contributed by atoms with Crippen molar-refractivity contribution in [1.29, 1.82) is 0 Å². The number of nitrogens with one attached hydrogen (secondary N) is 2. The standard InChI is InChI=1S/C21H30N6OS/c1-2-4-19-23-24-21(29)27(19)15-20(28)22-17-5-3-6-18(13-17)26-11-9-25(10-12-26)14-16-7-8-16/h3,5-6,13,16H,2,4,7-12,14-15H2,1H3,(H,22,28)(H,24,29). The van der Waals surface area contributed by atoms with E-state index in [4.69, 9.17) is 12.2 Å². The van der Waals surface area contributed by atoms with E-state index in [0.717, 1.165) is 56.5 Å². The van der Waals surface area contributed by atoms with Gasteiger partial charge in [-0.1, -0.05) is 13.0 Å². The summed E-state index contributed by atoms with van der Waals surface area (Å²) in [5, 5.41) is 10.0. The van der Waals surface area contributed by atoms with Gasteiger partial charge in [-0.3, -0.25) is 19.4 Å². The quantitative estimate of drug-likeness (QED) is 0.650. The second-order valence-corrected chi connectivity index (χ2v) is 8.50. The number of amides is 1. The van der Waals surface area contributed by atoms with E-state index in [1.165, 1.54) is 25.1 Å². The average Bonchev–Trinajstić information content (AvgIpc) is 3.48. The number of aromatic nitrogens is 3. The molecule has 0 atom stereocenters. The van der Waals surface area contributed by atoms with Gasteiger partial charge >= 0.3 is 0 Å². The van der Waals surface area contributed by atoms with Crippen molar-refractivity contribution in [1.82, 2.24) is 19.7 Å². The largest absolute Gasteiger partial charge is 0.369 e. The highest BCUT2D eigenvalue weighted by molar-refractivity contribution is 7.71. The van der Waals surface area contributed by atoms with Gasteiger partial charge < -0.3 is 10.2 Å². The Kier molecular flexibility index (Phi) is 6.30. The summed E-state index contributed by atoms with van der Waals surface area (Å²) < 4.78 is 2.26. The van der Waals surface area contributed by atoms with Crippen molar-refractivity contribution in [3.63, 3.8) is 0 Å². The lowest BCUT2D eigenvalue weighted by Crippen LogP contribution is -2.47. The van der Waals surface area contributed by atoms with Crippen LogP contribution in [0.3, 0.4) is 0 Å². The summed E-state index contributed by atoms with van der Waals surface area (Å²) in [5.41, 5.74) is 1.99. The van der Waals surface area contributed by atoms with Crippen LogP contribution in [0.1, 0.15) is 32.0 Å². The van der Waals surface area contributed by atoms with E-state index in [1.807, 2.05) is 12.1 Å². The predicted octanol–water partition coefficient (Wildman–Crippen LogP) is 3.06. The Bertz CT molecular complexity index is 895. The Morgan fingerprint density at radius 2 is 2.07 bits per heavy atom. The van der Waals surface area contributed by atoms with Gasteiger partial charge in [0.15, 0.2) is 4.77 Å². The maximum Gasteiger partial charge on any atom is 0.244 e. The third-order valence-corrected chi connectivity index (χ3v) is 6.00. The van der Waals surface area contributed by atoms with Crippen LogP contribution in [0.15, 0.2) is 24.3 Å². The first-order chi connectivity index (χ1) is 14.1. The van der Waals surface area contributed by atoms with Gasteiger partial charge in [-0.15, -0.1) is 0 Å². The van der Waals surface area contributed by atoms with E-state index in [-0.39, 0.29) is 12.5 Å². The predicted molar refractivity (Wildman–Crippen MR) is 118 cm³/mol. The minimum atomic E-state index is -0.0914. The van der Waals surface area contributed by atoms with Gasteiger partial charge in [0.2, 0.25) is 5.91 Å². The minimum Gasteiger partial charge on any atom is -0.369 e. The topological polar surface area (TPSA) is 69.2 Å². The Hall–Kier alpha value is -2.19. The summed E-state index contributed by atoms with van der Waals surface area (Å²) >= 11 is 5.27. The van der Waals surface area contributed by atoms with E-state index >= 15 is 0 Å². The molecule has 0 radical (unpaired) electrons. The number of hydrogen-bond donors (Lipinski definition) is 2. The van der Waals surface area contributed by atoms with Crippen LogP contribution < -0.4 is 10.2 Å². The summed E-state index contributed by atoms with van der Waals surface area (Å²) in [5.74, 6) is 1.68. The molecule has 8 heteroatoms. The van der Waals surface area contributed by atoms with Crippen molar-refractivity contribution in [3.05, 3.63) is 34.9 Å². The van der Waals surface area contributed by atoms with Crippen LogP contribution in [-0.4, -0.2) is 58.3 Å². The van der Waals surface area contributed by atoms with Gasteiger partial charge in [0.25, 0.3) is 0 Å². The van der Waals surface area contributed by atoms with Gasteiger partial charge in [0, 0.05) is 50.5 Å². The number of aromatic amines is 1. The average molecular weight is 415 g/mol. The number of carbonyl (C=O) groups excluding carboxylic acids is 1. The van der Waals surface area contributed by atoms with Crippen LogP contribution in [0.5, 0.6) is 0 Å². The number of piperazine rings is 1. The fourth-order valence-electron chi connectivity index (χ4n) is 3.91. The normalized spacial score (nSPS) is 17.5. The molecule has 29 heavy (non-hydrogen) atoms. The van der Waals surface area contributed by atoms with Crippen molar-refractivity contribution in [2.75, 3.05) is 42.9 Å². The van der Waals surface area contributed by atoms with Crippen molar-refractivity contribution in [2.45, 2.75) is 39.2 Å². The van der Waals surface area contributed by atoms with E-state index in [0.29, 0.717) is 4.77 Å². The molecule has 2 aliphatic rings. The molecule has 0 unspecified atom stereocenters. The number of rotatable bonds is 8. The van der Waals surface area contributed by atoms with E-state index < -0.39 is 0 Å². The van der Waals surface area contributed by atoms with Crippen LogP contribution in [0.25, 0.3) is 0 Å². The third-order valence-electron chi connectivity index (χ3n) is 5.69. The molecule has 1 aromatic carbocycles. The van der Waals surface area contributed by atoms with E-state index in [9.17, 15) is 4.79 Å². The number of H-pyrrole nitrogens is 1. The number of carbonyl (C=O) groups is 1. The number of nitrogens with zero attached hydrogens (tertiary/aromatic N) is 4. The molecule has 0 bridgehead atoms. The zero-order valence-corrected chi connectivity index (χ0v) is 17.9. The molecular weight excluding hydrogens is 384 g/mol. The highest BCUT2D eigenvalue weighted by atomic mass is 32.1. The number of aryl methyl sites for hydroxylation is 1. The first-order valence-electron chi connectivity index (χ1n) is 10.6. The first-order valence-corrected chi connectivity index (χ1v) is 11.0. The monoisotopic (exact) mass is 414 g/mol. The van der Waals surface area contributed by atoms with E-state index in [1.54, 1.807) is 4.57 Å². The summed E-state index contributed by atoms with van der Waals surface area (Å²) in [6.07, 6.45) is 4.57. The van der Waals surface area contributed by atoms with E-state index in [2.05, 4.69) is 44.4 Å².